The van der Waals surface area contributed by atoms with Crippen LogP contribution in [0.3, 0.4) is 0 Å². The van der Waals surface area contributed by atoms with Crippen LogP contribution >= 0.6 is 0 Å². The highest BCUT2D eigenvalue weighted by Gasteiger charge is 2.39. The molecule has 1 aromatic heterocycles. The summed E-state index contributed by atoms with van der Waals surface area (Å²) in [4.78, 5) is 15.5. The van der Waals surface area contributed by atoms with Crippen LogP contribution in [0, 0.1) is 0 Å². The molecule has 1 amide bonds. The molecule has 1 heterocycles. The van der Waals surface area contributed by atoms with Gasteiger partial charge < -0.3 is 19.5 Å². The summed E-state index contributed by atoms with van der Waals surface area (Å²) in [5.74, 6) is 0.0718. The summed E-state index contributed by atoms with van der Waals surface area (Å²) < 4.78 is 53.1. The van der Waals surface area contributed by atoms with E-state index < -0.39 is 26.0 Å². The summed E-state index contributed by atoms with van der Waals surface area (Å²) in [7, 11) is -2.06. The van der Waals surface area contributed by atoms with Crippen LogP contribution in [-0.2, 0) is 17.1 Å². The molecule has 3 rings (SSSR count). The van der Waals surface area contributed by atoms with Crippen LogP contribution < -0.4 is 10.5 Å². The number of nitrogens with zero attached hydrogens (tertiary/aromatic N) is 2. The highest BCUT2D eigenvalue weighted by Crippen LogP contribution is 2.38. The Morgan fingerprint density at radius 2 is 1.76 bits per heavy atom. The molecule has 0 unspecified atom stereocenters. The van der Waals surface area contributed by atoms with Crippen LogP contribution in [0.4, 0.5) is 13.2 Å². The monoisotopic (exact) mass is 547 g/mol. The number of halogens is 3. The number of rotatable bonds is 11. The van der Waals surface area contributed by atoms with Crippen molar-refractivity contribution in [1.29, 1.82) is 0 Å². The maximum absolute atomic E-state index is 12.9. The molecule has 6 nitrogen and oxygen atoms in total. The molecule has 38 heavy (non-hydrogen) atoms. The first-order valence-electron chi connectivity index (χ1n) is 12.6. The van der Waals surface area contributed by atoms with E-state index in [2.05, 4.69) is 38.8 Å². The molecule has 206 valence electrons. The van der Waals surface area contributed by atoms with E-state index in [-0.39, 0.29) is 16.8 Å². The maximum atomic E-state index is 12.9. The number of nitrogens with two attached hydrogens (primary N) is 1. The number of primary amides is 1. The predicted molar refractivity (Wildman–Crippen MR) is 144 cm³/mol. The van der Waals surface area contributed by atoms with Crippen LogP contribution in [0.5, 0.6) is 5.75 Å². The molecule has 0 bridgehead atoms. The van der Waals surface area contributed by atoms with Crippen molar-refractivity contribution in [3.05, 3.63) is 72.3 Å². The van der Waals surface area contributed by atoms with Gasteiger partial charge in [0.2, 0.25) is 0 Å². The number of hydrogen-bond acceptors (Lipinski definition) is 4. The van der Waals surface area contributed by atoms with Crippen LogP contribution in [0.25, 0.3) is 11.1 Å². The first-order chi connectivity index (χ1) is 17.7. The molecule has 0 aliphatic rings. The molecular formula is C28H36F3N3O3Si. The Labute approximate surface area is 223 Å². The fourth-order valence-corrected chi connectivity index (χ4v) is 5.10. The number of imidazole rings is 1. The lowest BCUT2D eigenvalue weighted by molar-refractivity contribution is -0.137. The average Bonchev–Trinajstić information content (AvgIpc) is 3.29. The van der Waals surface area contributed by atoms with Gasteiger partial charge in [0.25, 0.3) is 5.91 Å². The molecule has 0 spiro atoms. The molecule has 0 aliphatic heterocycles. The van der Waals surface area contributed by atoms with Crippen molar-refractivity contribution >= 4 is 14.2 Å². The van der Waals surface area contributed by atoms with E-state index in [0.29, 0.717) is 24.5 Å². The Morgan fingerprint density at radius 3 is 2.34 bits per heavy atom. The molecule has 0 aliphatic carbocycles. The number of hydrogen-bond donors (Lipinski definition) is 1. The van der Waals surface area contributed by atoms with E-state index in [0.717, 1.165) is 30.5 Å². The highest BCUT2D eigenvalue weighted by atomic mass is 28.4. The number of benzene rings is 2. The van der Waals surface area contributed by atoms with Crippen molar-refractivity contribution in [2.24, 2.45) is 5.73 Å². The number of carbonyl (C=O) groups excluding carboxylic acids is 1. The molecule has 0 saturated carbocycles. The van der Waals surface area contributed by atoms with Crippen LogP contribution in [0.1, 0.15) is 49.7 Å². The van der Waals surface area contributed by atoms with Gasteiger partial charge in [-0.2, -0.15) is 13.2 Å². The zero-order chi connectivity index (χ0) is 28.1. The van der Waals surface area contributed by atoms with Gasteiger partial charge in [-0.25, -0.2) is 4.98 Å². The van der Waals surface area contributed by atoms with Gasteiger partial charge in [0.15, 0.2) is 8.32 Å². The minimum absolute atomic E-state index is 0.0355. The quantitative estimate of drug-likeness (QED) is 0.209. The number of amides is 1. The number of aromatic nitrogens is 2. The lowest BCUT2D eigenvalue weighted by atomic mass is 10.0. The van der Waals surface area contributed by atoms with Gasteiger partial charge in [-0.3, -0.25) is 4.79 Å². The van der Waals surface area contributed by atoms with E-state index in [4.69, 9.17) is 14.9 Å². The molecule has 2 aromatic carbocycles. The van der Waals surface area contributed by atoms with E-state index in [1.165, 1.54) is 12.1 Å². The van der Waals surface area contributed by atoms with Crippen molar-refractivity contribution in [2.45, 2.75) is 70.6 Å². The summed E-state index contributed by atoms with van der Waals surface area (Å²) in [6.45, 7) is 11.9. The molecule has 0 radical (unpaired) electrons. The third-order valence-electron chi connectivity index (χ3n) is 6.89. The Kier molecular flexibility index (Phi) is 9.09. The Bertz CT molecular complexity index is 1220. The highest BCUT2D eigenvalue weighted by molar-refractivity contribution is 6.74. The fraction of sp³-hybridized carbons (Fsp3) is 0.429. The van der Waals surface area contributed by atoms with Crippen molar-refractivity contribution in [2.75, 3.05) is 6.61 Å². The van der Waals surface area contributed by atoms with Gasteiger partial charge >= 0.3 is 6.18 Å². The van der Waals surface area contributed by atoms with Crippen molar-refractivity contribution in [3.8, 4) is 16.9 Å². The zero-order valence-corrected chi connectivity index (χ0v) is 23.5. The Morgan fingerprint density at radius 1 is 1.08 bits per heavy atom. The number of ether oxygens (including phenoxy) is 1. The normalized spacial score (nSPS) is 13.4. The second kappa shape index (κ2) is 11.7. The number of alkyl halides is 3. The first kappa shape index (κ1) is 29.4. The largest absolute Gasteiger partial charge is 0.494 e. The van der Waals surface area contributed by atoms with E-state index in [1.807, 2.05) is 28.8 Å². The summed E-state index contributed by atoms with van der Waals surface area (Å²) in [5.41, 5.74) is 6.34. The van der Waals surface area contributed by atoms with Crippen molar-refractivity contribution in [3.63, 3.8) is 0 Å². The van der Waals surface area contributed by atoms with Crippen LogP contribution in [0.15, 0.2) is 61.1 Å². The van der Waals surface area contributed by atoms with Crippen LogP contribution in [-0.4, -0.2) is 36.5 Å². The third-order valence-corrected chi connectivity index (χ3v) is 11.4. The lowest BCUT2D eigenvalue weighted by Gasteiger charge is -2.39. The summed E-state index contributed by atoms with van der Waals surface area (Å²) in [6.07, 6.45) is 0.209. The maximum Gasteiger partial charge on any atom is 0.416 e. The number of carbonyl (C=O) groups is 1. The fourth-order valence-electron chi connectivity index (χ4n) is 3.72. The molecule has 10 heteroatoms. The molecule has 1 atom stereocenters. The molecule has 3 aromatic rings. The predicted octanol–water partition coefficient (Wildman–Crippen LogP) is 6.92. The van der Waals surface area contributed by atoms with Crippen molar-refractivity contribution < 1.29 is 27.1 Å². The third kappa shape index (κ3) is 7.94. The SMILES string of the molecule is CC(C)(C)[Si](C)(C)O[C@@H](CCCOc1cccc(-c2ccc(C(F)(F)F)cc2)c1)Cn1cnc(C(N)=O)c1. The van der Waals surface area contributed by atoms with Crippen molar-refractivity contribution in [1.82, 2.24) is 9.55 Å². The molecule has 0 fully saturated rings. The Balaban J connectivity index is 1.62. The minimum atomic E-state index is -4.36. The standard InChI is InChI=1S/C28H36F3N3O3Si/c1-27(2,3)38(4,5)37-24(17-34-18-25(26(32)35)33-19-34)10-7-15-36-23-9-6-8-21(16-23)20-11-13-22(14-12-20)28(29,30)31/h6,8-9,11-14,16,18-19,24H,7,10,15,17H2,1-5H3,(H2,32,35)/t24-/m0/s1. The van der Waals surface area contributed by atoms with Crippen LogP contribution in [0.2, 0.25) is 18.1 Å². The second-order valence-electron chi connectivity index (χ2n) is 10.9. The van der Waals surface area contributed by atoms with Gasteiger partial charge in [-0.05, 0) is 66.4 Å². The Hall–Kier alpha value is -3.11. The minimum Gasteiger partial charge on any atom is -0.494 e. The summed E-state index contributed by atoms with van der Waals surface area (Å²) in [6, 6.07) is 12.4. The zero-order valence-electron chi connectivity index (χ0n) is 22.5. The van der Waals surface area contributed by atoms with E-state index >= 15 is 0 Å². The molecule has 0 saturated heterocycles. The topological polar surface area (TPSA) is 79.4 Å². The van der Waals surface area contributed by atoms with Gasteiger partial charge in [0.1, 0.15) is 11.4 Å². The second-order valence-corrected chi connectivity index (χ2v) is 15.7. The van der Waals surface area contributed by atoms with E-state index in [1.54, 1.807) is 12.5 Å². The first-order valence-corrected chi connectivity index (χ1v) is 15.5. The summed E-state index contributed by atoms with van der Waals surface area (Å²) in [5, 5.41) is 0.0355. The molecular weight excluding hydrogens is 511 g/mol. The van der Waals surface area contributed by atoms with Gasteiger partial charge in [0.05, 0.1) is 24.6 Å². The smallest absolute Gasteiger partial charge is 0.416 e. The average molecular weight is 548 g/mol. The van der Waals surface area contributed by atoms with Gasteiger partial charge in [-0.1, -0.05) is 45.0 Å². The van der Waals surface area contributed by atoms with E-state index in [9.17, 15) is 18.0 Å². The molecule has 2 N–H and O–H groups in total. The van der Waals surface area contributed by atoms with Gasteiger partial charge in [0, 0.05) is 12.7 Å². The summed E-state index contributed by atoms with van der Waals surface area (Å²) >= 11 is 0. The lowest BCUT2D eigenvalue weighted by Crippen LogP contribution is -2.45. The van der Waals surface area contributed by atoms with Gasteiger partial charge in [-0.15, -0.1) is 0 Å².